The number of hydrogen-bond donors (Lipinski definition) is 3. The predicted molar refractivity (Wildman–Crippen MR) is 148 cm³/mol. The fourth-order valence-corrected chi connectivity index (χ4v) is 5.52. The molecule has 3 N–H and O–H groups in total. The second-order valence-corrected chi connectivity index (χ2v) is 10.7. The molecule has 3 aromatic heterocycles. The number of nitrogens with zero attached hydrogens (tertiary/aromatic N) is 6. The van der Waals surface area contributed by atoms with Gasteiger partial charge in [-0.15, -0.1) is 11.3 Å². The quantitative estimate of drug-likeness (QED) is 0.294. The van der Waals surface area contributed by atoms with E-state index in [2.05, 4.69) is 35.4 Å². The third kappa shape index (κ3) is 6.05. The van der Waals surface area contributed by atoms with Crippen LogP contribution in [0.15, 0.2) is 41.9 Å². The van der Waals surface area contributed by atoms with Crippen LogP contribution in [0.2, 0.25) is 5.02 Å². The van der Waals surface area contributed by atoms with Crippen molar-refractivity contribution in [3.8, 4) is 10.7 Å². The predicted octanol–water partition coefficient (Wildman–Crippen LogP) is 4.13. The third-order valence-electron chi connectivity index (χ3n) is 5.85. The molecule has 10 nitrogen and oxygen atoms in total. The van der Waals surface area contributed by atoms with E-state index in [1.54, 1.807) is 17.4 Å². The molecule has 1 aliphatic rings. The molecule has 1 amide bonds. The van der Waals surface area contributed by atoms with Crippen molar-refractivity contribution in [2.75, 3.05) is 54.9 Å². The summed E-state index contributed by atoms with van der Waals surface area (Å²) in [5.74, 6) is 1.21. The Bertz CT molecular complexity index is 1350. The van der Waals surface area contributed by atoms with Crippen LogP contribution in [0.25, 0.3) is 10.7 Å². The number of para-hydroxylation sites is 1. The van der Waals surface area contributed by atoms with Gasteiger partial charge in [0.05, 0.1) is 28.4 Å². The number of thiophene rings is 1. The van der Waals surface area contributed by atoms with Crippen LogP contribution in [0.3, 0.4) is 0 Å². The van der Waals surface area contributed by atoms with Crippen LogP contribution in [0.4, 0.5) is 22.7 Å². The Hall–Kier alpha value is -3.16. The Morgan fingerprint density at radius 2 is 1.97 bits per heavy atom. The number of rotatable bonds is 8. The van der Waals surface area contributed by atoms with Gasteiger partial charge in [0.15, 0.2) is 11.0 Å². The van der Waals surface area contributed by atoms with E-state index in [0.717, 1.165) is 36.6 Å². The maximum Gasteiger partial charge on any atom is 0.267 e. The van der Waals surface area contributed by atoms with E-state index in [1.165, 1.54) is 17.5 Å². The number of β-amino-alcohol motifs (C(OH)–C–C–N with tert-alkyl or cyclic N) is 1. The highest BCUT2D eigenvalue weighted by atomic mass is 35.5. The van der Waals surface area contributed by atoms with Crippen molar-refractivity contribution in [3.63, 3.8) is 0 Å². The minimum Gasteiger partial charge on any atom is -0.395 e. The summed E-state index contributed by atoms with van der Waals surface area (Å²) in [7, 11) is 0. The summed E-state index contributed by atoms with van der Waals surface area (Å²) in [6, 6.07) is 9.38. The van der Waals surface area contributed by atoms with Gasteiger partial charge in [0.2, 0.25) is 11.9 Å². The molecule has 13 heteroatoms. The summed E-state index contributed by atoms with van der Waals surface area (Å²) < 4.78 is 0. The number of carbonyl (C=O) groups is 1. The van der Waals surface area contributed by atoms with E-state index in [-0.39, 0.29) is 12.5 Å². The summed E-state index contributed by atoms with van der Waals surface area (Å²) in [6.07, 6.45) is 1.51. The van der Waals surface area contributed by atoms with Crippen molar-refractivity contribution in [3.05, 3.63) is 57.4 Å². The molecule has 4 heterocycles. The number of anilines is 4. The molecule has 4 aromatic rings. The van der Waals surface area contributed by atoms with E-state index in [1.807, 2.05) is 36.6 Å². The monoisotopic (exact) mass is 556 g/mol. The average molecular weight is 557 g/mol. The number of piperazine rings is 1. The standard InChI is InChI=1S/C24H25ClN8O2S2/c1-15-4-2-5-16(25)19(15)27-21(35)18-14-26-24(37-18)31-22-28-20(17-6-3-13-36-17)29-23(30-22)33-9-7-32(8-10-33)11-12-34/h2-6,13-14,34H,7-12H2,1H3,(H,27,35)(H,26,28,29,30,31). The number of benzene rings is 1. The van der Waals surface area contributed by atoms with Crippen molar-refractivity contribution < 1.29 is 9.90 Å². The normalized spacial score (nSPS) is 14.1. The average Bonchev–Trinajstić information content (AvgIpc) is 3.60. The van der Waals surface area contributed by atoms with Gasteiger partial charge in [-0.05, 0) is 30.0 Å². The van der Waals surface area contributed by atoms with Crippen LogP contribution in [-0.4, -0.2) is 75.2 Å². The van der Waals surface area contributed by atoms with Gasteiger partial charge in [-0.2, -0.15) is 15.0 Å². The van der Waals surface area contributed by atoms with Gasteiger partial charge >= 0.3 is 0 Å². The summed E-state index contributed by atoms with van der Waals surface area (Å²) >= 11 is 9.01. The minimum atomic E-state index is -0.293. The molecule has 192 valence electrons. The van der Waals surface area contributed by atoms with Gasteiger partial charge in [0.1, 0.15) is 4.88 Å². The highest BCUT2D eigenvalue weighted by Crippen LogP contribution is 2.29. The molecule has 1 aromatic carbocycles. The lowest BCUT2D eigenvalue weighted by Crippen LogP contribution is -2.47. The highest BCUT2D eigenvalue weighted by molar-refractivity contribution is 7.17. The van der Waals surface area contributed by atoms with Crippen molar-refractivity contribution in [1.29, 1.82) is 0 Å². The van der Waals surface area contributed by atoms with Crippen LogP contribution in [0.1, 0.15) is 15.2 Å². The maximum absolute atomic E-state index is 12.8. The van der Waals surface area contributed by atoms with Gasteiger partial charge in [0, 0.05) is 32.7 Å². The van der Waals surface area contributed by atoms with Crippen LogP contribution in [0.5, 0.6) is 0 Å². The minimum absolute atomic E-state index is 0.147. The molecule has 1 fully saturated rings. The van der Waals surface area contributed by atoms with Gasteiger partial charge in [0.25, 0.3) is 5.91 Å². The fraction of sp³-hybridized carbons (Fsp3) is 0.292. The van der Waals surface area contributed by atoms with Gasteiger partial charge < -0.3 is 15.3 Å². The number of hydrogen-bond acceptors (Lipinski definition) is 11. The zero-order valence-electron chi connectivity index (χ0n) is 20.0. The first-order chi connectivity index (χ1) is 18.0. The Labute approximate surface area is 227 Å². The number of aliphatic hydroxyl groups is 1. The Morgan fingerprint density at radius 3 is 2.70 bits per heavy atom. The van der Waals surface area contributed by atoms with E-state index < -0.39 is 0 Å². The van der Waals surface area contributed by atoms with E-state index in [0.29, 0.717) is 45.0 Å². The number of aliphatic hydroxyl groups excluding tert-OH is 1. The number of carbonyl (C=O) groups excluding carboxylic acids is 1. The maximum atomic E-state index is 12.8. The number of thiazole rings is 1. The van der Waals surface area contributed by atoms with Crippen LogP contribution >= 0.6 is 34.3 Å². The molecule has 5 rings (SSSR count). The third-order valence-corrected chi connectivity index (χ3v) is 7.94. The van der Waals surface area contributed by atoms with Crippen LogP contribution < -0.4 is 15.5 Å². The lowest BCUT2D eigenvalue weighted by atomic mass is 10.2. The van der Waals surface area contributed by atoms with Crippen LogP contribution in [-0.2, 0) is 0 Å². The molecule has 0 radical (unpaired) electrons. The van der Waals surface area contributed by atoms with Crippen molar-refractivity contribution >= 4 is 62.9 Å². The van der Waals surface area contributed by atoms with Crippen molar-refractivity contribution in [2.45, 2.75) is 6.92 Å². The molecule has 0 aliphatic carbocycles. The zero-order chi connectivity index (χ0) is 25.8. The fourth-order valence-electron chi connectivity index (χ4n) is 3.89. The summed E-state index contributed by atoms with van der Waals surface area (Å²) in [4.78, 5) is 36.9. The van der Waals surface area contributed by atoms with Gasteiger partial charge in [-0.1, -0.05) is 41.1 Å². The topological polar surface area (TPSA) is 119 Å². The number of nitrogens with one attached hydrogen (secondary N) is 2. The molecule has 1 aliphatic heterocycles. The number of halogens is 1. The molecule has 1 saturated heterocycles. The van der Waals surface area contributed by atoms with Gasteiger partial charge in [-0.3, -0.25) is 15.0 Å². The lowest BCUT2D eigenvalue weighted by Gasteiger charge is -2.34. The summed E-state index contributed by atoms with van der Waals surface area (Å²) in [5.41, 5.74) is 1.46. The molecular weight excluding hydrogens is 532 g/mol. The molecule has 0 bridgehead atoms. The van der Waals surface area contributed by atoms with E-state index >= 15 is 0 Å². The number of aryl methyl sites for hydroxylation is 1. The lowest BCUT2D eigenvalue weighted by molar-refractivity contribution is 0.103. The number of aromatic nitrogens is 4. The molecule has 0 saturated carbocycles. The molecule has 0 unspecified atom stereocenters. The van der Waals surface area contributed by atoms with Gasteiger partial charge in [-0.25, -0.2) is 4.98 Å². The first-order valence-corrected chi connectivity index (χ1v) is 13.7. The first-order valence-electron chi connectivity index (χ1n) is 11.7. The number of amides is 1. The Balaban J connectivity index is 1.35. The second kappa shape index (κ2) is 11.5. The highest BCUT2D eigenvalue weighted by Gasteiger charge is 2.21. The molecule has 0 atom stereocenters. The molecular formula is C24H25ClN8O2S2. The summed E-state index contributed by atoms with van der Waals surface area (Å²) in [6.45, 7) is 5.82. The Kier molecular flexibility index (Phi) is 7.91. The SMILES string of the molecule is Cc1cccc(Cl)c1NC(=O)c1cnc(Nc2nc(-c3cccs3)nc(N3CCN(CCO)CC3)n2)s1. The van der Waals surface area contributed by atoms with Crippen molar-refractivity contribution in [2.24, 2.45) is 0 Å². The Morgan fingerprint density at radius 1 is 1.14 bits per heavy atom. The smallest absolute Gasteiger partial charge is 0.267 e. The van der Waals surface area contributed by atoms with Crippen LogP contribution in [0, 0.1) is 6.92 Å². The molecule has 0 spiro atoms. The summed E-state index contributed by atoms with van der Waals surface area (Å²) in [5, 5.41) is 18.2. The second-order valence-electron chi connectivity index (χ2n) is 8.35. The van der Waals surface area contributed by atoms with Crippen molar-refractivity contribution in [1.82, 2.24) is 24.8 Å². The largest absolute Gasteiger partial charge is 0.395 e. The molecule has 37 heavy (non-hydrogen) atoms. The first kappa shape index (κ1) is 25.5. The zero-order valence-corrected chi connectivity index (χ0v) is 22.4. The van der Waals surface area contributed by atoms with E-state index in [4.69, 9.17) is 16.6 Å². The van der Waals surface area contributed by atoms with E-state index in [9.17, 15) is 9.90 Å².